The minimum atomic E-state index is -2.43. The Morgan fingerprint density at radius 1 is 0.824 bits per heavy atom. The number of hydrogen-bond donors (Lipinski definition) is 0. The maximum absolute atomic E-state index is 6.34. The van der Waals surface area contributed by atoms with Gasteiger partial charge in [0.25, 0.3) is 8.48 Å². The lowest BCUT2D eigenvalue weighted by Crippen LogP contribution is -2.59. The quantitative estimate of drug-likeness (QED) is 0.671. The van der Waals surface area contributed by atoms with Crippen LogP contribution in [-0.2, 0) is 12.3 Å². The van der Waals surface area contributed by atoms with Crippen molar-refractivity contribution < 1.29 is 12.3 Å². The van der Waals surface area contributed by atoms with Gasteiger partial charge in [-0.2, -0.15) is 0 Å². The van der Waals surface area contributed by atoms with Crippen LogP contribution in [0.25, 0.3) is 0 Å². The van der Waals surface area contributed by atoms with Gasteiger partial charge in [-0.15, -0.1) is 0 Å². The second-order valence-corrected chi connectivity index (χ2v) is 18.0. The van der Waals surface area contributed by atoms with E-state index in [1.165, 1.54) is 0 Å². The van der Waals surface area contributed by atoms with Crippen molar-refractivity contribution in [3.05, 3.63) is 0 Å². The van der Waals surface area contributed by atoms with E-state index in [4.69, 9.17) is 12.3 Å². The molecule has 0 aliphatic heterocycles. The molecule has 17 heavy (non-hydrogen) atoms. The minimum Gasteiger partial charge on any atom is -0.420 e. The zero-order valence-electron chi connectivity index (χ0n) is 12.8. The highest BCUT2D eigenvalue weighted by atomic mass is 28.5. The molecule has 0 aliphatic carbocycles. The maximum atomic E-state index is 6.34. The van der Waals surface area contributed by atoms with Gasteiger partial charge in [0.05, 0.1) is 0 Å². The molecule has 0 saturated heterocycles. The maximum Gasteiger partial charge on any atom is 0.466 e. The normalized spacial score (nSPS) is 14.1. The fraction of sp³-hybridized carbons (Fsp3) is 1.00. The first-order chi connectivity index (χ1) is 7.48. The summed E-state index contributed by atoms with van der Waals surface area (Å²) in [6.07, 6.45) is 0. The Labute approximate surface area is 112 Å². The van der Waals surface area contributed by atoms with Gasteiger partial charge in [-0.05, 0) is 53.4 Å². The molecule has 0 amide bonds. The monoisotopic (exact) mass is 311 g/mol. The van der Waals surface area contributed by atoms with Crippen LogP contribution in [0, 0.1) is 0 Å². The highest BCUT2D eigenvalue weighted by Gasteiger charge is 2.43. The van der Waals surface area contributed by atoms with E-state index in [1.807, 2.05) is 0 Å². The van der Waals surface area contributed by atoms with Crippen LogP contribution in [0.4, 0.5) is 0 Å². The summed E-state index contributed by atoms with van der Waals surface area (Å²) in [5, 5.41) is 0. The molecule has 0 heterocycles. The summed E-state index contributed by atoms with van der Waals surface area (Å²) in [4.78, 5) is 0. The van der Waals surface area contributed by atoms with Gasteiger partial charge in [-0.1, -0.05) is 0 Å². The van der Waals surface area contributed by atoms with E-state index in [-0.39, 0.29) is 0 Å². The lowest BCUT2D eigenvalue weighted by Gasteiger charge is -2.39. The molecule has 0 spiro atoms. The summed E-state index contributed by atoms with van der Waals surface area (Å²) in [6, 6.07) is 0. The molecule has 0 bridgehead atoms. The molecular formula is C9H29NO3Si4. The largest absolute Gasteiger partial charge is 0.466 e. The van der Waals surface area contributed by atoms with Crippen LogP contribution in [0.5, 0.6) is 0 Å². The highest BCUT2D eigenvalue weighted by molar-refractivity contribution is 6.83. The van der Waals surface area contributed by atoms with Crippen LogP contribution in [0.3, 0.4) is 0 Å². The Hall–Kier alpha value is 0.708. The molecule has 0 radical (unpaired) electrons. The summed E-state index contributed by atoms with van der Waals surface area (Å²) < 4.78 is 20.7. The first-order valence-corrected chi connectivity index (χ1v) is 16.9. The van der Waals surface area contributed by atoms with Crippen molar-refractivity contribution >= 4 is 35.4 Å². The van der Waals surface area contributed by atoms with Crippen molar-refractivity contribution in [3.63, 3.8) is 0 Å². The number of nitrogens with zero attached hydrogens (tertiary/aromatic N) is 1. The fourth-order valence-electron chi connectivity index (χ4n) is 1.48. The average molecular weight is 312 g/mol. The van der Waals surface area contributed by atoms with Gasteiger partial charge in [0.2, 0.25) is 0 Å². The van der Waals surface area contributed by atoms with Crippen molar-refractivity contribution in [1.29, 1.82) is 0 Å². The molecule has 0 aromatic carbocycles. The van der Waals surface area contributed by atoms with E-state index in [0.29, 0.717) is 0 Å². The second kappa shape index (κ2) is 6.75. The summed E-state index contributed by atoms with van der Waals surface area (Å²) in [7, 11) is -2.43. The summed E-state index contributed by atoms with van der Waals surface area (Å²) in [5.74, 6) is 0. The van der Waals surface area contributed by atoms with Crippen LogP contribution in [0.2, 0.25) is 45.8 Å². The lowest BCUT2D eigenvalue weighted by molar-refractivity contribution is 0.255. The van der Waals surface area contributed by atoms with E-state index in [2.05, 4.69) is 64.5 Å². The zero-order chi connectivity index (χ0) is 13.9. The third kappa shape index (κ3) is 7.01. The second-order valence-electron chi connectivity index (χ2n) is 5.64. The first kappa shape index (κ1) is 17.7. The van der Waals surface area contributed by atoms with Crippen molar-refractivity contribution in [1.82, 2.24) is 4.57 Å². The van der Waals surface area contributed by atoms with Crippen molar-refractivity contribution in [2.24, 2.45) is 0 Å². The number of rotatable bonds is 7. The summed E-state index contributed by atoms with van der Waals surface area (Å²) in [6.45, 7) is 15.1. The third-order valence-electron chi connectivity index (χ3n) is 2.41. The Balaban J connectivity index is 4.80. The van der Waals surface area contributed by atoms with Crippen LogP contribution in [0.1, 0.15) is 0 Å². The SMILES string of the molecule is CN(C)[Si](C)(C)O[Si](C)(O[SiH](C)C)O[SiH](C)C. The molecule has 0 aromatic rings. The zero-order valence-corrected chi connectivity index (χ0v) is 17.1. The summed E-state index contributed by atoms with van der Waals surface area (Å²) >= 11 is 0. The van der Waals surface area contributed by atoms with Gasteiger partial charge in [0, 0.05) is 6.55 Å². The molecule has 0 unspecified atom stereocenters. The molecule has 0 rings (SSSR count). The fourth-order valence-corrected chi connectivity index (χ4v) is 14.7. The Kier molecular flexibility index (Phi) is 7.03. The van der Waals surface area contributed by atoms with E-state index in [0.717, 1.165) is 0 Å². The van der Waals surface area contributed by atoms with Gasteiger partial charge < -0.3 is 16.9 Å². The standard InChI is InChI=1S/C9H29NO3Si4/c1-10(2)16(7,8)13-17(9,11-14(3)4)12-15(5)6/h14-15H,1-9H3. The topological polar surface area (TPSA) is 30.9 Å². The predicted octanol–water partition coefficient (Wildman–Crippen LogP) is 1.84. The Morgan fingerprint density at radius 2 is 1.18 bits per heavy atom. The van der Waals surface area contributed by atoms with Gasteiger partial charge in [-0.3, -0.25) is 0 Å². The summed E-state index contributed by atoms with van der Waals surface area (Å²) in [5.41, 5.74) is 0. The van der Waals surface area contributed by atoms with Crippen LogP contribution in [0.15, 0.2) is 0 Å². The van der Waals surface area contributed by atoms with Crippen LogP contribution in [-0.4, -0.2) is 54.0 Å². The highest BCUT2D eigenvalue weighted by Crippen LogP contribution is 2.20. The lowest BCUT2D eigenvalue weighted by atomic mass is 11.3. The molecular weight excluding hydrogens is 282 g/mol. The molecule has 0 N–H and O–H groups in total. The molecule has 0 atom stereocenters. The van der Waals surface area contributed by atoms with Gasteiger partial charge in [0.1, 0.15) is 0 Å². The van der Waals surface area contributed by atoms with Crippen molar-refractivity contribution in [2.75, 3.05) is 14.1 Å². The molecule has 8 heteroatoms. The van der Waals surface area contributed by atoms with Crippen molar-refractivity contribution in [2.45, 2.75) is 45.8 Å². The minimum absolute atomic E-state index is 1.14. The predicted molar refractivity (Wildman–Crippen MR) is 83.8 cm³/mol. The van der Waals surface area contributed by atoms with Gasteiger partial charge in [0.15, 0.2) is 18.1 Å². The average Bonchev–Trinajstić information content (AvgIpc) is 1.96. The van der Waals surface area contributed by atoms with Crippen LogP contribution < -0.4 is 0 Å². The molecule has 4 nitrogen and oxygen atoms in total. The molecule has 0 saturated carbocycles. The van der Waals surface area contributed by atoms with E-state index >= 15 is 0 Å². The van der Waals surface area contributed by atoms with Gasteiger partial charge in [-0.25, -0.2) is 0 Å². The Morgan fingerprint density at radius 3 is 1.41 bits per heavy atom. The number of hydrogen-bond acceptors (Lipinski definition) is 4. The smallest absolute Gasteiger partial charge is 0.420 e. The third-order valence-corrected chi connectivity index (χ3v) is 15.2. The molecule has 104 valence electrons. The van der Waals surface area contributed by atoms with Crippen LogP contribution >= 0.6 is 0 Å². The van der Waals surface area contributed by atoms with Gasteiger partial charge >= 0.3 is 8.80 Å². The van der Waals surface area contributed by atoms with E-state index < -0.39 is 35.4 Å². The van der Waals surface area contributed by atoms with E-state index in [1.54, 1.807) is 0 Å². The molecule has 0 fully saturated rings. The first-order valence-electron chi connectivity index (χ1n) is 6.22. The molecule has 0 aliphatic rings. The van der Waals surface area contributed by atoms with Crippen molar-refractivity contribution in [3.8, 4) is 0 Å². The Bertz CT molecular complexity index is 226. The van der Waals surface area contributed by atoms with E-state index in [9.17, 15) is 0 Å². The molecule has 0 aromatic heterocycles.